The number of benzene rings is 1. The van der Waals surface area contributed by atoms with Crippen LogP contribution in [0.2, 0.25) is 0 Å². The number of ether oxygens (including phenoxy) is 2. The summed E-state index contributed by atoms with van der Waals surface area (Å²) in [7, 11) is 0. The maximum absolute atomic E-state index is 12.2. The van der Waals surface area contributed by atoms with Crippen LogP contribution in [0.3, 0.4) is 0 Å². The van der Waals surface area contributed by atoms with Crippen LogP contribution in [0.25, 0.3) is 0 Å². The van der Waals surface area contributed by atoms with Gasteiger partial charge in [0.15, 0.2) is 0 Å². The SMILES string of the molecule is CCOc1ccc(C(=O)NCC(C)(C)N2CCOCC2)cc1. The van der Waals surface area contributed by atoms with Crippen LogP contribution >= 0.6 is 0 Å². The Morgan fingerprint density at radius 2 is 1.91 bits per heavy atom. The zero-order valence-electron chi connectivity index (χ0n) is 13.7. The van der Waals surface area contributed by atoms with Crippen molar-refractivity contribution < 1.29 is 14.3 Å². The van der Waals surface area contributed by atoms with Gasteiger partial charge in [-0.2, -0.15) is 0 Å². The summed E-state index contributed by atoms with van der Waals surface area (Å²) in [6.07, 6.45) is 0. The Balaban J connectivity index is 1.88. The molecule has 1 fully saturated rings. The number of hydrogen-bond donors (Lipinski definition) is 1. The minimum absolute atomic E-state index is 0.0515. The van der Waals surface area contributed by atoms with Crippen LogP contribution in [-0.4, -0.2) is 55.8 Å². The summed E-state index contributed by atoms with van der Waals surface area (Å²) in [4.78, 5) is 14.6. The van der Waals surface area contributed by atoms with E-state index in [1.165, 1.54) is 0 Å². The number of hydrogen-bond acceptors (Lipinski definition) is 4. The van der Waals surface area contributed by atoms with Gasteiger partial charge in [0, 0.05) is 30.7 Å². The molecule has 1 aliphatic rings. The van der Waals surface area contributed by atoms with E-state index in [1.54, 1.807) is 12.1 Å². The number of nitrogens with zero attached hydrogens (tertiary/aromatic N) is 1. The lowest BCUT2D eigenvalue weighted by molar-refractivity contribution is -0.00923. The van der Waals surface area contributed by atoms with Crippen molar-refractivity contribution in [2.45, 2.75) is 26.3 Å². The van der Waals surface area contributed by atoms with Crippen LogP contribution in [0.15, 0.2) is 24.3 Å². The highest BCUT2D eigenvalue weighted by molar-refractivity contribution is 5.94. The van der Waals surface area contributed by atoms with Crippen molar-refractivity contribution in [2.75, 3.05) is 39.5 Å². The fourth-order valence-electron chi connectivity index (χ4n) is 2.55. The van der Waals surface area contributed by atoms with Gasteiger partial charge in [-0.05, 0) is 45.0 Å². The van der Waals surface area contributed by atoms with Gasteiger partial charge in [-0.15, -0.1) is 0 Å². The zero-order chi connectivity index (χ0) is 16.0. The monoisotopic (exact) mass is 306 g/mol. The van der Waals surface area contributed by atoms with Crippen molar-refractivity contribution in [1.82, 2.24) is 10.2 Å². The Labute approximate surface area is 132 Å². The Hall–Kier alpha value is -1.59. The molecule has 1 aromatic rings. The van der Waals surface area contributed by atoms with E-state index in [2.05, 4.69) is 24.1 Å². The molecule has 0 bridgehead atoms. The number of carbonyl (C=O) groups excluding carboxylic acids is 1. The molecule has 1 N–H and O–H groups in total. The van der Waals surface area contributed by atoms with Gasteiger partial charge in [0.1, 0.15) is 5.75 Å². The van der Waals surface area contributed by atoms with Gasteiger partial charge < -0.3 is 14.8 Å². The molecule has 0 radical (unpaired) electrons. The molecule has 1 heterocycles. The summed E-state index contributed by atoms with van der Waals surface area (Å²) < 4.78 is 10.8. The summed E-state index contributed by atoms with van der Waals surface area (Å²) >= 11 is 0. The summed E-state index contributed by atoms with van der Waals surface area (Å²) in [5, 5.41) is 3.03. The van der Waals surface area contributed by atoms with Crippen molar-refractivity contribution in [3.8, 4) is 5.75 Å². The Bertz CT molecular complexity index is 479. The quantitative estimate of drug-likeness (QED) is 0.872. The van der Waals surface area contributed by atoms with Gasteiger partial charge in [-0.3, -0.25) is 9.69 Å². The molecule has 0 saturated carbocycles. The van der Waals surface area contributed by atoms with Crippen LogP contribution in [0.5, 0.6) is 5.75 Å². The summed E-state index contributed by atoms with van der Waals surface area (Å²) in [6, 6.07) is 7.24. The second-order valence-corrected chi connectivity index (χ2v) is 6.05. The normalized spacial score (nSPS) is 16.3. The fraction of sp³-hybridized carbons (Fsp3) is 0.588. The number of amides is 1. The van der Waals surface area contributed by atoms with Crippen molar-refractivity contribution in [1.29, 1.82) is 0 Å². The third-order valence-corrected chi connectivity index (χ3v) is 3.98. The minimum atomic E-state index is -0.0787. The molecule has 1 aromatic carbocycles. The molecule has 0 unspecified atom stereocenters. The minimum Gasteiger partial charge on any atom is -0.494 e. The molecular weight excluding hydrogens is 280 g/mol. The number of nitrogens with one attached hydrogen (secondary N) is 1. The first-order valence-electron chi connectivity index (χ1n) is 7.87. The van der Waals surface area contributed by atoms with Crippen molar-refractivity contribution in [2.24, 2.45) is 0 Å². The highest BCUT2D eigenvalue weighted by Gasteiger charge is 2.28. The van der Waals surface area contributed by atoms with Crippen molar-refractivity contribution in [3.05, 3.63) is 29.8 Å². The molecule has 1 saturated heterocycles. The van der Waals surface area contributed by atoms with Crippen molar-refractivity contribution in [3.63, 3.8) is 0 Å². The van der Waals surface area contributed by atoms with Crippen LogP contribution in [0.4, 0.5) is 0 Å². The van der Waals surface area contributed by atoms with E-state index < -0.39 is 0 Å². The first kappa shape index (κ1) is 16.8. The molecule has 1 aliphatic heterocycles. The van der Waals surface area contributed by atoms with Crippen LogP contribution in [0.1, 0.15) is 31.1 Å². The summed E-state index contributed by atoms with van der Waals surface area (Å²) in [6.45, 7) is 10.8. The molecule has 0 aliphatic carbocycles. The van der Waals surface area contributed by atoms with Crippen LogP contribution < -0.4 is 10.1 Å². The standard InChI is InChI=1S/C17H26N2O3/c1-4-22-15-7-5-14(6-8-15)16(20)18-13-17(2,3)19-9-11-21-12-10-19/h5-8H,4,9-13H2,1-3H3,(H,18,20). The van der Waals surface area contributed by atoms with Gasteiger partial charge in [0.25, 0.3) is 5.91 Å². The van der Waals surface area contributed by atoms with Gasteiger partial charge >= 0.3 is 0 Å². The van der Waals surface area contributed by atoms with E-state index in [0.29, 0.717) is 18.7 Å². The van der Waals surface area contributed by atoms with E-state index in [-0.39, 0.29) is 11.4 Å². The third-order valence-electron chi connectivity index (χ3n) is 3.98. The second-order valence-electron chi connectivity index (χ2n) is 6.05. The molecule has 0 spiro atoms. The van der Waals surface area contributed by atoms with E-state index >= 15 is 0 Å². The average Bonchev–Trinajstić information content (AvgIpc) is 2.54. The average molecular weight is 306 g/mol. The van der Waals surface area contributed by atoms with Gasteiger partial charge in [-0.25, -0.2) is 0 Å². The predicted octanol–water partition coefficient (Wildman–Crippen LogP) is 1.93. The van der Waals surface area contributed by atoms with Crippen molar-refractivity contribution >= 4 is 5.91 Å². The zero-order valence-corrected chi connectivity index (χ0v) is 13.7. The molecular formula is C17H26N2O3. The molecule has 1 amide bonds. The molecule has 5 nitrogen and oxygen atoms in total. The number of rotatable bonds is 6. The first-order valence-corrected chi connectivity index (χ1v) is 7.87. The van der Waals surface area contributed by atoms with Gasteiger partial charge in [-0.1, -0.05) is 0 Å². The first-order chi connectivity index (χ1) is 10.5. The Morgan fingerprint density at radius 3 is 2.50 bits per heavy atom. The van der Waals surface area contributed by atoms with E-state index in [0.717, 1.165) is 32.1 Å². The van der Waals surface area contributed by atoms with E-state index in [4.69, 9.17) is 9.47 Å². The molecule has 0 aromatic heterocycles. The summed E-state index contributed by atoms with van der Waals surface area (Å²) in [5.41, 5.74) is 0.575. The molecule has 122 valence electrons. The largest absolute Gasteiger partial charge is 0.494 e. The molecule has 0 atom stereocenters. The van der Waals surface area contributed by atoms with Crippen LogP contribution in [0, 0.1) is 0 Å². The topological polar surface area (TPSA) is 50.8 Å². The second kappa shape index (κ2) is 7.61. The van der Waals surface area contributed by atoms with Gasteiger partial charge in [0.2, 0.25) is 0 Å². The third kappa shape index (κ3) is 4.45. The van der Waals surface area contributed by atoms with Crippen LogP contribution in [-0.2, 0) is 4.74 Å². The lowest BCUT2D eigenvalue weighted by Crippen LogP contribution is -2.55. The highest BCUT2D eigenvalue weighted by atomic mass is 16.5. The molecule has 22 heavy (non-hydrogen) atoms. The molecule has 5 heteroatoms. The highest BCUT2D eigenvalue weighted by Crippen LogP contribution is 2.16. The maximum Gasteiger partial charge on any atom is 0.251 e. The Morgan fingerprint density at radius 1 is 1.27 bits per heavy atom. The smallest absolute Gasteiger partial charge is 0.251 e. The molecule has 2 rings (SSSR count). The Kier molecular flexibility index (Phi) is 5.80. The lowest BCUT2D eigenvalue weighted by Gasteiger charge is -2.40. The predicted molar refractivity (Wildman–Crippen MR) is 86.4 cm³/mol. The van der Waals surface area contributed by atoms with E-state index in [1.807, 2.05) is 19.1 Å². The lowest BCUT2D eigenvalue weighted by atomic mass is 10.0. The number of morpholine rings is 1. The van der Waals surface area contributed by atoms with E-state index in [9.17, 15) is 4.79 Å². The maximum atomic E-state index is 12.2. The van der Waals surface area contributed by atoms with Gasteiger partial charge in [0.05, 0.1) is 19.8 Å². The number of carbonyl (C=O) groups is 1. The summed E-state index contributed by atoms with van der Waals surface area (Å²) in [5.74, 6) is 0.733. The fourth-order valence-corrected chi connectivity index (χ4v) is 2.55.